The predicted molar refractivity (Wildman–Crippen MR) is 73.9 cm³/mol. The van der Waals surface area contributed by atoms with E-state index in [-0.39, 0.29) is 12.4 Å². The van der Waals surface area contributed by atoms with E-state index in [1.54, 1.807) is 13.0 Å². The van der Waals surface area contributed by atoms with Crippen LogP contribution in [0.5, 0.6) is 5.75 Å². The number of hydrogen-bond donors (Lipinski definition) is 1. The highest BCUT2D eigenvalue weighted by Crippen LogP contribution is 2.19. The lowest BCUT2D eigenvalue weighted by Crippen LogP contribution is -1.96. The molecule has 0 radical (unpaired) electrons. The van der Waals surface area contributed by atoms with Crippen molar-refractivity contribution in [1.82, 2.24) is 0 Å². The van der Waals surface area contributed by atoms with Gasteiger partial charge in [-0.15, -0.1) is 0 Å². The lowest BCUT2D eigenvalue weighted by Gasteiger charge is -2.03. The van der Waals surface area contributed by atoms with E-state index in [1.807, 2.05) is 24.3 Å². The van der Waals surface area contributed by atoms with Gasteiger partial charge in [-0.25, -0.2) is 4.79 Å². The zero-order chi connectivity index (χ0) is 13.1. The number of carboxylic acids is 1. The molecule has 94 valence electrons. The summed E-state index contributed by atoms with van der Waals surface area (Å²) in [5.74, 6) is 0.140. The first kappa shape index (κ1) is 12.9. The van der Waals surface area contributed by atoms with Gasteiger partial charge in [-0.2, -0.15) is 0 Å². The molecule has 2 aromatic rings. The summed E-state index contributed by atoms with van der Waals surface area (Å²) >= 11 is 2.20. The van der Waals surface area contributed by atoms with Crippen LogP contribution in [0.15, 0.2) is 34.7 Å². The van der Waals surface area contributed by atoms with E-state index >= 15 is 0 Å². The molecule has 5 heteroatoms. The molecule has 0 saturated carbocycles. The number of carboxylic acid groups (broad SMARTS) is 1. The van der Waals surface area contributed by atoms with Gasteiger partial charge >= 0.3 is 5.97 Å². The molecule has 1 aromatic carbocycles. The van der Waals surface area contributed by atoms with Crippen LogP contribution in [0.2, 0.25) is 0 Å². The van der Waals surface area contributed by atoms with Crippen LogP contribution in [-0.4, -0.2) is 11.1 Å². The fourth-order valence-corrected chi connectivity index (χ4v) is 2.06. The zero-order valence-corrected chi connectivity index (χ0v) is 11.8. The first-order chi connectivity index (χ1) is 8.56. The molecule has 0 fully saturated rings. The Labute approximate surface area is 118 Å². The number of furan rings is 1. The Morgan fingerprint density at radius 1 is 1.44 bits per heavy atom. The smallest absolute Gasteiger partial charge is 0.372 e. The van der Waals surface area contributed by atoms with Crippen LogP contribution < -0.4 is 4.74 Å². The minimum atomic E-state index is -1.06. The summed E-state index contributed by atoms with van der Waals surface area (Å²) in [4.78, 5) is 10.8. The van der Waals surface area contributed by atoms with Crippen LogP contribution in [0.4, 0.5) is 0 Å². The van der Waals surface area contributed by atoms with Crippen molar-refractivity contribution in [1.29, 1.82) is 0 Å². The van der Waals surface area contributed by atoms with Crippen LogP contribution in [0.25, 0.3) is 0 Å². The second-order valence-electron chi connectivity index (χ2n) is 3.78. The molecule has 4 nitrogen and oxygen atoms in total. The van der Waals surface area contributed by atoms with Crippen molar-refractivity contribution >= 4 is 28.6 Å². The molecule has 1 N–H and O–H groups in total. The molecule has 0 amide bonds. The number of aryl methyl sites for hydroxylation is 1. The Bertz CT molecular complexity index is 574. The van der Waals surface area contributed by atoms with Crippen molar-refractivity contribution in [3.8, 4) is 5.75 Å². The molecular formula is C13H11IO4. The third-order valence-electron chi connectivity index (χ3n) is 2.34. The number of halogens is 1. The van der Waals surface area contributed by atoms with Crippen LogP contribution in [0.1, 0.15) is 21.9 Å². The van der Waals surface area contributed by atoms with E-state index in [1.165, 1.54) is 0 Å². The molecule has 0 saturated heterocycles. The molecule has 1 aromatic heterocycles. The number of benzene rings is 1. The summed E-state index contributed by atoms with van der Waals surface area (Å²) in [5, 5.41) is 8.87. The van der Waals surface area contributed by atoms with Crippen LogP contribution in [0.3, 0.4) is 0 Å². The minimum Gasteiger partial charge on any atom is -0.486 e. The molecule has 1 heterocycles. The minimum absolute atomic E-state index is 0.0313. The third-order valence-corrected chi connectivity index (χ3v) is 3.01. The molecule has 0 aliphatic rings. The molecular weight excluding hydrogens is 347 g/mol. The topological polar surface area (TPSA) is 59.7 Å². The second-order valence-corrected chi connectivity index (χ2v) is 5.02. The maximum absolute atomic E-state index is 10.8. The van der Waals surface area contributed by atoms with Gasteiger partial charge in [-0.05, 0) is 53.8 Å². The Balaban J connectivity index is 2.06. The van der Waals surface area contributed by atoms with Gasteiger partial charge in [-0.1, -0.05) is 6.07 Å². The number of carbonyl (C=O) groups is 1. The van der Waals surface area contributed by atoms with Crippen molar-refractivity contribution in [3.05, 3.63) is 51.0 Å². The molecule has 0 unspecified atom stereocenters. The van der Waals surface area contributed by atoms with Gasteiger partial charge in [0.15, 0.2) is 0 Å². The Kier molecular flexibility index (Phi) is 3.90. The van der Waals surface area contributed by atoms with Crippen molar-refractivity contribution < 1.29 is 19.1 Å². The Hall–Kier alpha value is -1.50. The monoisotopic (exact) mass is 358 g/mol. The van der Waals surface area contributed by atoms with E-state index in [0.29, 0.717) is 11.3 Å². The van der Waals surface area contributed by atoms with Gasteiger partial charge in [0.05, 0.1) is 0 Å². The van der Waals surface area contributed by atoms with Crippen LogP contribution in [-0.2, 0) is 6.61 Å². The summed E-state index contributed by atoms with van der Waals surface area (Å²) in [6.45, 7) is 1.91. The van der Waals surface area contributed by atoms with Crippen molar-refractivity contribution in [2.45, 2.75) is 13.5 Å². The first-order valence-corrected chi connectivity index (χ1v) is 6.35. The van der Waals surface area contributed by atoms with Crippen molar-refractivity contribution in [2.75, 3.05) is 0 Å². The molecule has 2 rings (SSSR count). The second kappa shape index (κ2) is 5.43. The Morgan fingerprint density at radius 3 is 2.83 bits per heavy atom. The average molecular weight is 358 g/mol. The molecule has 18 heavy (non-hydrogen) atoms. The molecule has 0 bridgehead atoms. The van der Waals surface area contributed by atoms with E-state index < -0.39 is 5.97 Å². The van der Waals surface area contributed by atoms with Gasteiger partial charge in [0.2, 0.25) is 5.76 Å². The fraction of sp³-hybridized carbons (Fsp3) is 0.154. The predicted octanol–water partition coefficient (Wildman–Crippen LogP) is 3.47. The summed E-state index contributed by atoms with van der Waals surface area (Å²) < 4.78 is 11.8. The lowest BCUT2D eigenvalue weighted by molar-refractivity contribution is 0.0657. The third kappa shape index (κ3) is 3.04. The van der Waals surface area contributed by atoms with Gasteiger partial charge < -0.3 is 14.3 Å². The van der Waals surface area contributed by atoms with Crippen molar-refractivity contribution in [3.63, 3.8) is 0 Å². The largest absolute Gasteiger partial charge is 0.486 e. The van der Waals surface area contributed by atoms with E-state index in [9.17, 15) is 4.79 Å². The normalized spacial score (nSPS) is 10.3. The first-order valence-electron chi connectivity index (χ1n) is 5.27. The van der Waals surface area contributed by atoms with Crippen LogP contribution >= 0.6 is 22.6 Å². The highest BCUT2D eigenvalue weighted by molar-refractivity contribution is 14.1. The van der Waals surface area contributed by atoms with E-state index in [4.69, 9.17) is 14.3 Å². The summed E-state index contributed by atoms with van der Waals surface area (Å²) in [6.07, 6.45) is 0. The number of rotatable bonds is 4. The molecule has 0 atom stereocenters. The summed E-state index contributed by atoms with van der Waals surface area (Å²) in [6, 6.07) is 9.28. The maximum Gasteiger partial charge on any atom is 0.372 e. The fourth-order valence-electron chi connectivity index (χ4n) is 1.54. The standard InChI is InChI=1S/C13H11IO4/c1-8-5-11(18-12(8)13(15)16)7-17-10-4-2-3-9(14)6-10/h2-6H,7H2,1H3,(H,15,16). The van der Waals surface area contributed by atoms with Crippen LogP contribution in [0, 0.1) is 10.5 Å². The number of hydrogen-bond acceptors (Lipinski definition) is 3. The zero-order valence-electron chi connectivity index (χ0n) is 9.64. The van der Waals surface area contributed by atoms with Gasteiger partial charge in [-0.3, -0.25) is 0 Å². The Morgan fingerprint density at radius 2 is 2.22 bits per heavy atom. The highest BCUT2D eigenvalue weighted by atomic mass is 127. The number of aromatic carboxylic acids is 1. The van der Waals surface area contributed by atoms with E-state index in [0.717, 1.165) is 9.32 Å². The maximum atomic E-state index is 10.8. The van der Waals surface area contributed by atoms with Gasteiger partial charge in [0, 0.05) is 9.13 Å². The number of ether oxygens (including phenoxy) is 1. The average Bonchev–Trinajstić information content (AvgIpc) is 2.68. The highest BCUT2D eigenvalue weighted by Gasteiger charge is 2.14. The van der Waals surface area contributed by atoms with E-state index in [2.05, 4.69) is 22.6 Å². The molecule has 0 aliphatic carbocycles. The SMILES string of the molecule is Cc1cc(COc2cccc(I)c2)oc1C(=O)O. The molecule has 0 aliphatic heterocycles. The van der Waals surface area contributed by atoms with Crippen molar-refractivity contribution in [2.24, 2.45) is 0 Å². The van der Waals surface area contributed by atoms with Gasteiger partial charge in [0.1, 0.15) is 18.1 Å². The summed E-state index contributed by atoms with van der Waals surface area (Å²) in [7, 11) is 0. The lowest BCUT2D eigenvalue weighted by atomic mass is 10.3. The quantitative estimate of drug-likeness (QED) is 0.851. The van der Waals surface area contributed by atoms with Gasteiger partial charge in [0.25, 0.3) is 0 Å². The summed E-state index contributed by atoms with van der Waals surface area (Å²) in [5.41, 5.74) is 0.601. The molecule has 0 spiro atoms.